The van der Waals surface area contributed by atoms with Gasteiger partial charge in [0.1, 0.15) is 0 Å². The van der Waals surface area contributed by atoms with E-state index >= 15 is 0 Å². The Bertz CT molecular complexity index is 350. The van der Waals surface area contributed by atoms with Crippen LogP contribution in [0, 0.1) is 11.3 Å². The molecule has 0 spiro atoms. The van der Waals surface area contributed by atoms with Gasteiger partial charge in [0, 0.05) is 37.1 Å². The molecule has 0 aromatic carbocycles. The van der Waals surface area contributed by atoms with Crippen LogP contribution in [-0.2, 0) is 9.53 Å². The third-order valence-electron chi connectivity index (χ3n) is 5.28. The summed E-state index contributed by atoms with van der Waals surface area (Å²) < 4.78 is 5.79. The fourth-order valence-electron chi connectivity index (χ4n) is 4.19. The molecule has 0 aromatic rings. The molecule has 4 heteroatoms. The van der Waals surface area contributed by atoms with Crippen molar-refractivity contribution in [2.24, 2.45) is 11.3 Å². The summed E-state index contributed by atoms with van der Waals surface area (Å²) in [6, 6.07) is 0.439. The van der Waals surface area contributed by atoms with Gasteiger partial charge in [-0.1, -0.05) is 13.8 Å². The van der Waals surface area contributed by atoms with Crippen LogP contribution in [0.4, 0.5) is 0 Å². The molecule has 19 heavy (non-hydrogen) atoms. The summed E-state index contributed by atoms with van der Waals surface area (Å²) >= 11 is 0. The molecule has 1 N–H and O–H groups in total. The molecule has 0 radical (unpaired) electrons. The van der Waals surface area contributed by atoms with Gasteiger partial charge in [-0.05, 0) is 25.7 Å². The fourth-order valence-corrected chi connectivity index (χ4v) is 4.19. The smallest absolute Gasteiger partial charge is 0.236 e. The van der Waals surface area contributed by atoms with E-state index in [0.29, 0.717) is 24.6 Å². The molecule has 2 heterocycles. The number of carbonyl (C=O) groups is 1. The van der Waals surface area contributed by atoms with Crippen LogP contribution in [0.5, 0.6) is 0 Å². The Hall–Kier alpha value is -0.610. The number of rotatable bonds is 3. The number of nitrogens with zero attached hydrogens (tertiary/aromatic N) is 1. The lowest BCUT2D eigenvalue weighted by molar-refractivity contribution is -0.135. The minimum Gasteiger partial charge on any atom is -0.377 e. The van der Waals surface area contributed by atoms with Gasteiger partial charge in [0.25, 0.3) is 0 Å². The lowest BCUT2D eigenvalue weighted by atomic mass is 9.57. The second-order valence-corrected chi connectivity index (χ2v) is 6.87. The van der Waals surface area contributed by atoms with E-state index in [4.69, 9.17) is 4.74 Å². The molecule has 3 aliphatic rings. The molecule has 3 fully saturated rings. The summed E-state index contributed by atoms with van der Waals surface area (Å²) in [5.74, 6) is 0.891. The van der Waals surface area contributed by atoms with Gasteiger partial charge in [-0.3, -0.25) is 4.79 Å². The highest BCUT2D eigenvalue weighted by atomic mass is 16.5. The highest BCUT2D eigenvalue weighted by molar-refractivity contribution is 5.78. The monoisotopic (exact) mass is 266 g/mol. The molecule has 3 atom stereocenters. The maximum Gasteiger partial charge on any atom is 0.236 e. The number of ether oxygens (including phenoxy) is 1. The predicted octanol–water partition coefficient (Wildman–Crippen LogP) is 1.40. The van der Waals surface area contributed by atoms with Crippen molar-refractivity contribution in [2.75, 3.05) is 26.2 Å². The molecule has 4 nitrogen and oxygen atoms in total. The van der Waals surface area contributed by atoms with Gasteiger partial charge >= 0.3 is 0 Å². The maximum absolute atomic E-state index is 12.2. The van der Waals surface area contributed by atoms with Gasteiger partial charge in [-0.15, -0.1) is 0 Å². The lowest BCUT2D eigenvalue weighted by Gasteiger charge is -2.55. The first kappa shape index (κ1) is 13.4. The van der Waals surface area contributed by atoms with Gasteiger partial charge in [0.2, 0.25) is 5.91 Å². The fraction of sp³-hybridized carbons (Fsp3) is 0.933. The number of amides is 1. The summed E-state index contributed by atoms with van der Waals surface area (Å²) in [4.78, 5) is 14.2. The molecule has 1 amide bonds. The predicted molar refractivity (Wildman–Crippen MR) is 73.8 cm³/mol. The van der Waals surface area contributed by atoms with E-state index in [-0.39, 0.29) is 11.3 Å². The van der Waals surface area contributed by atoms with Crippen LogP contribution in [-0.4, -0.2) is 49.2 Å². The van der Waals surface area contributed by atoms with Crippen molar-refractivity contribution in [3.8, 4) is 0 Å². The number of piperidine rings is 1. The van der Waals surface area contributed by atoms with Gasteiger partial charge < -0.3 is 15.0 Å². The topological polar surface area (TPSA) is 41.6 Å². The Kier molecular flexibility index (Phi) is 3.56. The average molecular weight is 266 g/mol. The normalized spacial score (nSPS) is 36.7. The molecule has 3 rings (SSSR count). The number of fused-ring (bicyclic) bond motifs is 1. The summed E-state index contributed by atoms with van der Waals surface area (Å²) in [6.45, 7) is 7.78. The molecule has 3 unspecified atom stereocenters. The molecule has 1 saturated carbocycles. The third kappa shape index (κ3) is 2.29. The third-order valence-corrected chi connectivity index (χ3v) is 5.28. The first-order valence-electron chi connectivity index (χ1n) is 7.73. The van der Waals surface area contributed by atoms with Crippen LogP contribution in [0.25, 0.3) is 0 Å². The van der Waals surface area contributed by atoms with Gasteiger partial charge in [0.05, 0.1) is 12.6 Å². The minimum absolute atomic E-state index is 0.170. The first-order valence-corrected chi connectivity index (χ1v) is 7.73. The summed E-state index contributed by atoms with van der Waals surface area (Å²) in [7, 11) is 0. The number of hydrogen-bond acceptors (Lipinski definition) is 3. The Balaban J connectivity index is 1.50. The summed E-state index contributed by atoms with van der Waals surface area (Å²) in [6.07, 6.45) is 5.14. The number of hydrogen-bond donors (Lipinski definition) is 1. The van der Waals surface area contributed by atoms with E-state index in [1.807, 2.05) is 4.90 Å². The number of carbonyl (C=O) groups excluding carboxylic acids is 1. The van der Waals surface area contributed by atoms with E-state index in [1.54, 1.807) is 0 Å². The lowest BCUT2D eigenvalue weighted by Crippen LogP contribution is -2.66. The molecule has 2 saturated heterocycles. The van der Waals surface area contributed by atoms with Crippen LogP contribution in [0.15, 0.2) is 0 Å². The van der Waals surface area contributed by atoms with Crippen LogP contribution in [0.1, 0.15) is 39.5 Å². The Labute approximate surface area is 115 Å². The number of likely N-dealkylation sites (tertiary alicyclic amines) is 1. The average Bonchev–Trinajstić information content (AvgIpc) is 2.86. The van der Waals surface area contributed by atoms with E-state index in [1.165, 1.54) is 19.3 Å². The van der Waals surface area contributed by atoms with Crippen LogP contribution >= 0.6 is 0 Å². The van der Waals surface area contributed by atoms with Crippen molar-refractivity contribution in [1.82, 2.24) is 10.2 Å². The van der Waals surface area contributed by atoms with E-state index in [0.717, 1.165) is 26.1 Å². The van der Waals surface area contributed by atoms with E-state index in [2.05, 4.69) is 19.2 Å². The minimum atomic E-state index is 0.170. The van der Waals surface area contributed by atoms with Gasteiger partial charge in [-0.25, -0.2) is 0 Å². The SMILES string of the molecule is CC1(C)C(NCC(=O)N2CCCCC2)C2CCOC21. The zero-order valence-electron chi connectivity index (χ0n) is 12.2. The van der Waals surface area contributed by atoms with Crippen molar-refractivity contribution in [1.29, 1.82) is 0 Å². The van der Waals surface area contributed by atoms with Crippen LogP contribution in [0.2, 0.25) is 0 Å². The summed E-state index contributed by atoms with van der Waals surface area (Å²) in [5.41, 5.74) is 0.170. The zero-order chi connectivity index (χ0) is 13.5. The number of nitrogens with one attached hydrogen (secondary N) is 1. The van der Waals surface area contributed by atoms with E-state index in [9.17, 15) is 4.79 Å². The van der Waals surface area contributed by atoms with Crippen molar-refractivity contribution >= 4 is 5.91 Å². The van der Waals surface area contributed by atoms with Crippen molar-refractivity contribution in [3.63, 3.8) is 0 Å². The van der Waals surface area contributed by atoms with Crippen molar-refractivity contribution in [3.05, 3.63) is 0 Å². The molecule has 0 aromatic heterocycles. The van der Waals surface area contributed by atoms with Gasteiger partial charge in [0.15, 0.2) is 0 Å². The second-order valence-electron chi connectivity index (χ2n) is 6.87. The maximum atomic E-state index is 12.2. The van der Waals surface area contributed by atoms with Gasteiger partial charge in [-0.2, -0.15) is 0 Å². The largest absolute Gasteiger partial charge is 0.377 e. The Morgan fingerprint density at radius 2 is 2.05 bits per heavy atom. The molecular weight excluding hydrogens is 240 g/mol. The quantitative estimate of drug-likeness (QED) is 0.839. The van der Waals surface area contributed by atoms with E-state index < -0.39 is 0 Å². The second kappa shape index (κ2) is 5.06. The van der Waals surface area contributed by atoms with Crippen LogP contribution < -0.4 is 5.32 Å². The summed E-state index contributed by atoms with van der Waals surface area (Å²) in [5, 5.41) is 3.51. The zero-order valence-corrected chi connectivity index (χ0v) is 12.2. The Morgan fingerprint density at radius 3 is 2.79 bits per heavy atom. The van der Waals surface area contributed by atoms with Crippen LogP contribution in [0.3, 0.4) is 0 Å². The Morgan fingerprint density at radius 1 is 1.32 bits per heavy atom. The molecular formula is C15H26N2O2. The first-order chi connectivity index (χ1) is 9.10. The molecule has 0 bridgehead atoms. The van der Waals surface area contributed by atoms with Crippen molar-refractivity contribution < 1.29 is 9.53 Å². The molecule has 1 aliphatic carbocycles. The standard InChI is InChI=1S/C15H26N2O2/c1-15(2)13(11-6-9-19-14(11)15)16-10-12(18)17-7-4-3-5-8-17/h11,13-14,16H,3-10H2,1-2H3. The van der Waals surface area contributed by atoms with Crippen molar-refractivity contribution in [2.45, 2.75) is 51.7 Å². The highest BCUT2D eigenvalue weighted by Crippen LogP contribution is 2.51. The molecule has 108 valence electrons. The molecule has 2 aliphatic heterocycles. The highest BCUT2D eigenvalue weighted by Gasteiger charge is 2.59.